The van der Waals surface area contributed by atoms with Crippen molar-refractivity contribution in [3.8, 4) is 0 Å². The minimum Gasteiger partial charge on any atom is -0.335 e. The summed E-state index contributed by atoms with van der Waals surface area (Å²) in [5.74, 6) is -0.251. The number of benzene rings is 1. The summed E-state index contributed by atoms with van der Waals surface area (Å²) in [6.45, 7) is 2.06. The molecule has 0 radical (unpaired) electrons. The summed E-state index contributed by atoms with van der Waals surface area (Å²) in [5, 5.41) is 0. The number of nitrogens with zero attached hydrogens (tertiary/aromatic N) is 3. The molecule has 0 spiro atoms. The van der Waals surface area contributed by atoms with Gasteiger partial charge in [-0.2, -0.15) is 0 Å². The van der Waals surface area contributed by atoms with E-state index in [9.17, 15) is 9.18 Å². The standard InChI is InChI=1S/C17H18FN3O/c1-20-9-10-21(17(22)14-3-2-8-19-11-14)12-16(20)13-4-6-15(18)7-5-13/h2-8,11,16H,9-10,12H2,1H3. The highest BCUT2D eigenvalue weighted by molar-refractivity contribution is 5.94. The van der Waals surface area contributed by atoms with Crippen molar-refractivity contribution >= 4 is 5.91 Å². The fourth-order valence-corrected chi connectivity index (χ4v) is 2.77. The summed E-state index contributed by atoms with van der Waals surface area (Å²) in [4.78, 5) is 20.6. The molecule has 22 heavy (non-hydrogen) atoms. The summed E-state index contributed by atoms with van der Waals surface area (Å²) in [6, 6.07) is 10.1. The molecule has 0 N–H and O–H groups in total. The predicted octanol–water partition coefficient (Wildman–Crippen LogP) is 2.35. The monoisotopic (exact) mass is 299 g/mol. The Kier molecular flexibility index (Phi) is 4.15. The normalized spacial score (nSPS) is 19.2. The van der Waals surface area contributed by atoms with E-state index in [1.54, 1.807) is 36.7 Å². The Morgan fingerprint density at radius 2 is 2.00 bits per heavy atom. The molecule has 1 saturated heterocycles. The van der Waals surface area contributed by atoms with E-state index in [0.717, 1.165) is 12.1 Å². The third kappa shape index (κ3) is 2.99. The minimum atomic E-state index is -0.245. The average Bonchev–Trinajstić information content (AvgIpc) is 2.56. The predicted molar refractivity (Wildman–Crippen MR) is 81.9 cm³/mol. The number of pyridine rings is 1. The van der Waals surface area contributed by atoms with Gasteiger partial charge in [0.25, 0.3) is 5.91 Å². The van der Waals surface area contributed by atoms with Crippen LogP contribution < -0.4 is 0 Å². The number of rotatable bonds is 2. The van der Waals surface area contributed by atoms with Crippen LogP contribution in [0.3, 0.4) is 0 Å². The van der Waals surface area contributed by atoms with Crippen LogP contribution >= 0.6 is 0 Å². The Balaban J connectivity index is 1.79. The second-order valence-corrected chi connectivity index (χ2v) is 5.54. The molecule has 0 aliphatic carbocycles. The number of hydrogen-bond acceptors (Lipinski definition) is 3. The zero-order valence-electron chi connectivity index (χ0n) is 12.4. The quantitative estimate of drug-likeness (QED) is 0.854. The van der Waals surface area contributed by atoms with Crippen LogP contribution in [0.5, 0.6) is 0 Å². The third-order valence-electron chi connectivity index (χ3n) is 4.10. The summed E-state index contributed by atoms with van der Waals surface area (Å²) in [5.41, 5.74) is 1.62. The Hall–Kier alpha value is -2.27. The average molecular weight is 299 g/mol. The van der Waals surface area contributed by atoms with Gasteiger partial charge >= 0.3 is 0 Å². The Morgan fingerprint density at radius 3 is 2.68 bits per heavy atom. The molecule has 1 aromatic carbocycles. The first-order valence-corrected chi connectivity index (χ1v) is 7.30. The number of carbonyl (C=O) groups is 1. The lowest BCUT2D eigenvalue weighted by Crippen LogP contribution is -2.49. The van der Waals surface area contributed by atoms with Crippen molar-refractivity contribution in [1.82, 2.24) is 14.8 Å². The van der Waals surface area contributed by atoms with Crippen molar-refractivity contribution in [3.63, 3.8) is 0 Å². The van der Waals surface area contributed by atoms with Gasteiger partial charge in [-0.05, 0) is 36.9 Å². The van der Waals surface area contributed by atoms with Gasteiger partial charge in [-0.3, -0.25) is 14.7 Å². The molecule has 0 saturated carbocycles. The van der Waals surface area contributed by atoms with Gasteiger partial charge in [-0.25, -0.2) is 4.39 Å². The van der Waals surface area contributed by atoms with Gasteiger partial charge < -0.3 is 4.90 Å². The molecule has 4 nitrogen and oxygen atoms in total. The highest BCUT2D eigenvalue weighted by Crippen LogP contribution is 2.25. The van der Waals surface area contributed by atoms with Crippen molar-refractivity contribution in [3.05, 3.63) is 65.7 Å². The van der Waals surface area contributed by atoms with Gasteiger partial charge in [0.1, 0.15) is 5.82 Å². The molecule has 5 heteroatoms. The first-order valence-electron chi connectivity index (χ1n) is 7.30. The van der Waals surface area contributed by atoms with Gasteiger partial charge in [0.05, 0.1) is 11.6 Å². The number of piperazine rings is 1. The molecule has 1 aromatic heterocycles. The van der Waals surface area contributed by atoms with E-state index >= 15 is 0 Å². The van der Waals surface area contributed by atoms with E-state index in [1.165, 1.54) is 12.1 Å². The van der Waals surface area contributed by atoms with Crippen molar-refractivity contribution in [1.29, 1.82) is 0 Å². The maximum absolute atomic E-state index is 13.1. The Morgan fingerprint density at radius 1 is 1.23 bits per heavy atom. The van der Waals surface area contributed by atoms with Crippen LogP contribution in [-0.2, 0) is 0 Å². The fraction of sp³-hybridized carbons (Fsp3) is 0.294. The van der Waals surface area contributed by atoms with E-state index in [4.69, 9.17) is 0 Å². The number of hydrogen-bond donors (Lipinski definition) is 0. The van der Waals surface area contributed by atoms with E-state index < -0.39 is 0 Å². The van der Waals surface area contributed by atoms with Crippen molar-refractivity contribution in [2.75, 3.05) is 26.7 Å². The van der Waals surface area contributed by atoms with Gasteiger partial charge in [-0.15, -0.1) is 0 Å². The molecule has 1 unspecified atom stereocenters. The fourth-order valence-electron chi connectivity index (χ4n) is 2.77. The van der Waals surface area contributed by atoms with E-state index in [2.05, 4.69) is 9.88 Å². The maximum Gasteiger partial charge on any atom is 0.255 e. The Bertz CT molecular complexity index is 645. The number of amides is 1. The molecular formula is C17H18FN3O. The van der Waals surface area contributed by atoms with Gasteiger partial charge in [0.2, 0.25) is 0 Å². The number of likely N-dealkylation sites (N-methyl/N-ethyl adjacent to an activating group) is 1. The molecule has 1 atom stereocenters. The van der Waals surface area contributed by atoms with Gasteiger partial charge in [0.15, 0.2) is 0 Å². The molecule has 1 fully saturated rings. The van der Waals surface area contributed by atoms with Gasteiger partial charge in [0, 0.05) is 32.0 Å². The second kappa shape index (κ2) is 6.23. The molecule has 114 valence electrons. The van der Waals surface area contributed by atoms with Crippen LogP contribution in [0.15, 0.2) is 48.8 Å². The molecular weight excluding hydrogens is 281 g/mol. The van der Waals surface area contributed by atoms with E-state index in [-0.39, 0.29) is 17.8 Å². The second-order valence-electron chi connectivity index (χ2n) is 5.54. The highest BCUT2D eigenvalue weighted by Gasteiger charge is 2.28. The summed E-state index contributed by atoms with van der Waals surface area (Å²) >= 11 is 0. The van der Waals surface area contributed by atoms with E-state index in [0.29, 0.717) is 18.7 Å². The number of carbonyl (C=O) groups excluding carboxylic acids is 1. The number of aromatic nitrogens is 1. The molecule has 1 aliphatic rings. The van der Waals surface area contributed by atoms with Crippen LogP contribution in [0.2, 0.25) is 0 Å². The lowest BCUT2D eigenvalue weighted by Gasteiger charge is -2.39. The first kappa shape index (κ1) is 14.7. The lowest BCUT2D eigenvalue weighted by atomic mass is 10.0. The minimum absolute atomic E-state index is 0.00619. The summed E-state index contributed by atoms with van der Waals surface area (Å²) in [6.07, 6.45) is 3.25. The molecule has 1 aliphatic heterocycles. The summed E-state index contributed by atoms with van der Waals surface area (Å²) < 4.78 is 13.1. The molecule has 0 bridgehead atoms. The molecule has 3 rings (SSSR count). The largest absolute Gasteiger partial charge is 0.335 e. The van der Waals surface area contributed by atoms with E-state index in [1.807, 2.05) is 11.9 Å². The van der Waals surface area contributed by atoms with Crippen molar-refractivity contribution < 1.29 is 9.18 Å². The van der Waals surface area contributed by atoms with Crippen molar-refractivity contribution in [2.24, 2.45) is 0 Å². The zero-order chi connectivity index (χ0) is 15.5. The summed E-state index contributed by atoms with van der Waals surface area (Å²) in [7, 11) is 2.03. The maximum atomic E-state index is 13.1. The first-order chi connectivity index (χ1) is 10.6. The van der Waals surface area contributed by atoms with Crippen molar-refractivity contribution in [2.45, 2.75) is 6.04 Å². The third-order valence-corrected chi connectivity index (χ3v) is 4.10. The topological polar surface area (TPSA) is 36.4 Å². The SMILES string of the molecule is CN1CCN(C(=O)c2cccnc2)CC1c1ccc(F)cc1. The Labute approximate surface area is 129 Å². The van der Waals surface area contributed by atoms with Gasteiger partial charge in [-0.1, -0.05) is 12.1 Å². The molecule has 1 amide bonds. The van der Waals surface area contributed by atoms with Crippen LogP contribution in [0.25, 0.3) is 0 Å². The van der Waals surface area contributed by atoms with Crippen LogP contribution in [-0.4, -0.2) is 47.4 Å². The lowest BCUT2D eigenvalue weighted by molar-refractivity contribution is 0.0545. The highest BCUT2D eigenvalue weighted by atomic mass is 19.1. The number of halogens is 1. The molecule has 2 heterocycles. The molecule has 2 aromatic rings. The van der Waals surface area contributed by atoms with Crippen LogP contribution in [0.4, 0.5) is 4.39 Å². The zero-order valence-corrected chi connectivity index (χ0v) is 12.4. The smallest absolute Gasteiger partial charge is 0.255 e. The van der Waals surface area contributed by atoms with Crippen LogP contribution in [0.1, 0.15) is 22.0 Å². The van der Waals surface area contributed by atoms with Crippen LogP contribution in [0, 0.1) is 5.82 Å².